The Morgan fingerprint density at radius 2 is 2.14 bits per heavy atom. The number of rotatable bonds is 2. The molecule has 0 amide bonds. The Morgan fingerprint density at radius 3 is 2.79 bits per heavy atom. The highest BCUT2D eigenvalue weighted by molar-refractivity contribution is 5.01. The summed E-state index contributed by atoms with van der Waals surface area (Å²) < 4.78 is 0. The number of hydrogen-bond donors (Lipinski definition) is 0. The monoisotopic (exact) mass is 190 g/mol. The molecule has 14 heavy (non-hydrogen) atoms. The molecule has 1 aromatic rings. The predicted octanol–water partition coefficient (Wildman–Crippen LogP) is 0.629. The number of nitrogens with zero attached hydrogens (tertiary/aromatic N) is 3. The highest BCUT2D eigenvalue weighted by Gasteiger charge is 2.13. The van der Waals surface area contributed by atoms with Gasteiger partial charge in [0.15, 0.2) is 0 Å². The predicted molar refractivity (Wildman–Crippen MR) is 55.8 cm³/mol. The summed E-state index contributed by atoms with van der Waals surface area (Å²) in [5.41, 5.74) is 1.12. The van der Waals surface area contributed by atoms with Gasteiger partial charge < -0.3 is 4.90 Å². The number of pyridine rings is 1. The van der Waals surface area contributed by atoms with Crippen molar-refractivity contribution in [2.24, 2.45) is 0 Å². The minimum absolute atomic E-state index is 0.963. The van der Waals surface area contributed by atoms with Gasteiger partial charge in [0, 0.05) is 38.9 Å². The van der Waals surface area contributed by atoms with E-state index in [1.165, 1.54) is 0 Å². The molecule has 1 fully saturated rings. The average molecular weight is 190 g/mol. The minimum atomic E-state index is 0.963. The molecule has 2 heterocycles. The third kappa shape index (κ3) is 2.53. The summed E-state index contributed by atoms with van der Waals surface area (Å²) in [4.78, 5) is 9.11. The van der Waals surface area contributed by atoms with Crippen LogP contribution in [0.5, 0.6) is 0 Å². The SMILES string of the molecule is CN1CCN(Cc2c[c]ccn2)CC1. The fourth-order valence-electron chi connectivity index (χ4n) is 1.68. The van der Waals surface area contributed by atoms with Gasteiger partial charge in [-0.15, -0.1) is 0 Å². The first kappa shape index (κ1) is 9.62. The third-order valence-corrected chi connectivity index (χ3v) is 2.64. The first-order chi connectivity index (χ1) is 6.84. The normalized spacial score (nSPS) is 19.8. The molecule has 3 heteroatoms. The van der Waals surface area contributed by atoms with Gasteiger partial charge >= 0.3 is 0 Å². The quantitative estimate of drug-likeness (QED) is 0.682. The summed E-state index contributed by atoms with van der Waals surface area (Å²) in [6.07, 6.45) is 1.81. The van der Waals surface area contributed by atoms with Crippen LogP contribution in [0.1, 0.15) is 5.69 Å². The molecule has 1 aromatic heterocycles. The highest BCUT2D eigenvalue weighted by Crippen LogP contribution is 2.04. The van der Waals surface area contributed by atoms with E-state index < -0.39 is 0 Å². The van der Waals surface area contributed by atoms with Gasteiger partial charge in [0.05, 0.1) is 5.69 Å². The Labute approximate surface area is 85.4 Å². The van der Waals surface area contributed by atoms with Crippen molar-refractivity contribution in [3.8, 4) is 0 Å². The molecule has 0 saturated carbocycles. The molecule has 1 radical (unpaired) electrons. The lowest BCUT2D eigenvalue weighted by Gasteiger charge is -2.31. The van der Waals surface area contributed by atoms with E-state index in [0.717, 1.165) is 38.4 Å². The Bertz CT molecular complexity index is 265. The van der Waals surface area contributed by atoms with Gasteiger partial charge in [-0.3, -0.25) is 9.88 Å². The van der Waals surface area contributed by atoms with Crippen molar-refractivity contribution < 1.29 is 0 Å². The molecule has 0 aliphatic carbocycles. The van der Waals surface area contributed by atoms with Crippen molar-refractivity contribution in [2.45, 2.75) is 6.54 Å². The maximum absolute atomic E-state index is 4.31. The van der Waals surface area contributed by atoms with E-state index in [4.69, 9.17) is 0 Å². The van der Waals surface area contributed by atoms with Crippen LogP contribution in [0, 0.1) is 6.07 Å². The number of hydrogen-bond acceptors (Lipinski definition) is 3. The molecule has 1 saturated heterocycles. The van der Waals surface area contributed by atoms with E-state index in [2.05, 4.69) is 27.9 Å². The van der Waals surface area contributed by atoms with Gasteiger partial charge in [0.25, 0.3) is 0 Å². The fraction of sp³-hybridized carbons (Fsp3) is 0.545. The summed E-state index contributed by atoms with van der Waals surface area (Å²) >= 11 is 0. The third-order valence-electron chi connectivity index (χ3n) is 2.64. The number of aromatic nitrogens is 1. The van der Waals surface area contributed by atoms with Gasteiger partial charge in [-0.1, -0.05) is 0 Å². The van der Waals surface area contributed by atoms with Gasteiger partial charge in [-0.25, -0.2) is 0 Å². The highest BCUT2D eigenvalue weighted by atomic mass is 15.2. The van der Waals surface area contributed by atoms with Crippen LogP contribution in [0.3, 0.4) is 0 Å². The van der Waals surface area contributed by atoms with Crippen LogP contribution in [-0.4, -0.2) is 48.0 Å². The van der Waals surface area contributed by atoms with Gasteiger partial charge in [0.2, 0.25) is 0 Å². The van der Waals surface area contributed by atoms with Crippen LogP contribution in [-0.2, 0) is 6.54 Å². The van der Waals surface area contributed by atoms with E-state index in [9.17, 15) is 0 Å². The molecular formula is C11H16N3. The molecule has 0 unspecified atom stereocenters. The molecule has 1 aliphatic heterocycles. The Hall–Kier alpha value is -0.930. The second kappa shape index (κ2) is 4.53. The molecular weight excluding hydrogens is 174 g/mol. The van der Waals surface area contributed by atoms with Crippen LogP contribution < -0.4 is 0 Å². The molecule has 3 nitrogen and oxygen atoms in total. The van der Waals surface area contributed by atoms with Gasteiger partial charge in [0.1, 0.15) is 0 Å². The van der Waals surface area contributed by atoms with Crippen LogP contribution in [0.15, 0.2) is 18.3 Å². The topological polar surface area (TPSA) is 19.4 Å². The minimum Gasteiger partial charge on any atom is -0.304 e. The van der Waals surface area contributed by atoms with Crippen molar-refractivity contribution in [1.82, 2.24) is 14.8 Å². The first-order valence-electron chi connectivity index (χ1n) is 5.06. The molecule has 1 aliphatic rings. The first-order valence-corrected chi connectivity index (χ1v) is 5.06. The summed E-state index contributed by atoms with van der Waals surface area (Å²) in [6.45, 7) is 5.58. The van der Waals surface area contributed by atoms with Crippen LogP contribution >= 0.6 is 0 Å². The molecule has 75 valence electrons. The molecule has 0 aromatic carbocycles. The van der Waals surface area contributed by atoms with Crippen molar-refractivity contribution >= 4 is 0 Å². The van der Waals surface area contributed by atoms with Crippen molar-refractivity contribution in [3.05, 3.63) is 30.1 Å². The van der Waals surface area contributed by atoms with Gasteiger partial charge in [-0.2, -0.15) is 0 Å². The lowest BCUT2D eigenvalue weighted by Crippen LogP contribution is -2.43. The maximum atomic E-state index is 4.31. The van der Waals surface area contributed by atoms with Crippen molar-refractivity contribution in [2.75, 3.05) is 33.2 Å². The van der Waals surface area contributed by atoms with E-state index in [-0.39, 0.29) is 0 Å². The smallest absolute Gasteiger partial charge is 0.0550 e. The van der Waals surface area contributed by atoms with E-state index >= 15 is 0 Å². The summed E-state index contributed by atoms with van der Waals surface area (Å²) in [5.74, 6) is 0. The zero-order chi connectivity index (χ0) is 9.80. The molecule has 0 bridgehead atoms. The van der Waals surface area contributed by atoms with Crippen molar-refractivity contribution in [3.63, 3.8) is 0 Å². The Morgan fingerprint density at radius 1 is 1.36 bits per heavy atom. The zero-order valence-corrected chi connectivity index (χ0v) is 8.61. The summed E-state index contributed by atoms with van der Waals surface area (Å²) in [5, 5.41) is 0. The maximum Gasteiger partial charge on any atom is 0.0550 e. The molecule has 0 N–H and O–H groups in total. The van der Waals surface area contributed by atoms with E-state index in [0.29, 0.717) is 0 Å². The van der Waals surface area contributed by atoms with E-state index in [1.807, 2.05) is 18.3 Å². The van der Waals surface area contributed by atoms with Crippen LogP contribution in [0.2, 0.25) is 0 Å². The second-order valence-corrected chi connectivity index (χ2v) is 3.83. The lowest BCUT2D eigenvalue weighted by atomic mass is 10.3. The Balaban J connectivity index is 1.87. The Kier molecular flexibility index (Phi) is 3.11. The van der Waals surface area contributed by atoms with Crippen molar-refractivity contribution in [1.29, 1.82) is 0 Å². The number of piperazine rings is 1. The molecule has 0 atom stereocenters. The van der Waals surface area contributed by atoms with Crippen LogP contribution in [0.25, 0.3) is 0 Å². The van der Waals surface area contributed by atoms with Crippen LogP contribution in [0.4, 0.5) is 0 Å². The fourth-order valence-corrected chi connectivity index (χ4v) is 1.68. The largest absolute Gasteiger partial charge is 0.304 e. The average Bonchev–Trinajstić information content (AvgIpc) is 2.23. The van der Waals surface area contributed by atoms with E-state index in [1.54, 1.807) is 0 Å². The standard InChI is InChI=1S/C11H16N3/c1-13-6-8-14(9-7-13)10-11-4-2-3-5-12-11/h3-5H,6-10H2,1H3. The lowest BCUT2D eigenvalue weighted by molar-refractivity contribution is 0.147. The zero-order valence-electron chi connectivity index (χ0n) is 8.61. The van der Waals surface area contributed by atoms with Gasteiger partial charge in [-0.05, 0) is 25.2 Å². The summed E-state index contributed by atoms with van der Waals surface area (Å²) in [6, 6.07) is 6.87. The molecule has 2 rings (SSSR count). The number of likely N-dealkylation sites (N-methyl/N-ethyl adjacent to an activating group) is 1. The molecule has 0 spiro atoms. The summed E-state index contributed by atoms with van der Waals surface area (Å²) in [7, 11) is 2.17. The second-order valence-electron chi connectivity index (χ2n) is 3.83.